The van der Waals surface area contributed by atoms with Crippen LogP contribution in [0.15, 0.2) is 40.3 Å². The van der Waals surface area contributed by atoms with Crippen LogP contribution in [0.1, 0.15) is 29.3 Å². The number of carbonyl (C=O) groups excluding carboxylic acids is 1. The molecule has 3 heterocycles. The summed E-state index contributed by atoms with van der Waals surface area (Å²) in [4.78, 5) is 27.7. The number of thiazole rings is 1. The van der Waals surface area contributed by atoms with Gasteiger partial charge in [-0.2, -0.15) is 0 Å². The number of aromatic nitrogens is 3. The fraction of sp³-hybridized carbons (Fsp3) is 0.238. The number of nitrogens with zero attached hydrogens (tertiary/aromatic N) is 4. The van der Waals surface area contributed by atoms with E-state index in [1.54, 1.807) is 41.2 Å². The molecule has 0 saturated carbocycles. The van der Waals surface area contributed by atoms with Crippen LogP contribution in [-0.2, 0) is 10.5 Å². The first kappa shape index (κ1) is 20.0. The molecule has 0 unspecified atom stereocenters. The number of aryl methyl sites for hydroxylation is 3. The molecule has 4 rings (SSSR count). The van der Waals surface area contributed by atoms with Crippen molar-refractivity contribution in [3.8, 4) is 0 Å². The van der Waals surface area contributed by atoms with E-state index >= 15 is 0 Å². The molecule has 29 heavy (non-hydrogen) atoms. The highest BCUT2D eigenvalue weighted by molar-refractivity contribution is 7.98. The minimum absolute atomic E-state index is 0.0373. The van der Waals surface area contributed by atoms with E-state index in [0.717, 1.165) is 37.8 Å². The maximum Gasteiger partial charge on any atom is 0.230 e. The number of benzene rings is 1. The lowest BCUT2D eigenvalue weighted by molar-refractivity contribution is -0.115. The van der Waals surface area contributed by atoms with Crippen molar-refractivity contribution in [2.75, 3.05) is 4.90 Å². The highest BCUT2D eigenvalue weighted by Crippen LogP contribution is 2.36. The van der Waals surface area contributed by atoms with E-state index in [1.807, 2.05) is 30.7 Å². The van der Waals surface area contributed by atoms with Gasteiger partial charge in [-0.3, -0.25) is 9.69 Å². The minimum Gasteiger partial charge on any atom is -0.274 e. The predicted molar refractivity (Wildman–Crippen MR) is 123 cm³/mol. The lowest BCUT2D eigenvalue weighted by Gasteiger charge is -2.23. The van der Waals surface area contributed by atoms with Gasteiger partial charge in [-0.15, -0.1) is 22.7 Å². The molecule has 0 aliphatic heterocycles. The molecule has 5 nitrogen and oxygen atoms in total. The van der Waals surface area contributed by atoms with Gasteiger partial charge in [0.15, 0.2) is 5.13 Å². The number of carbonyl (C=O) groups is 1. The molecule has 4 aromatic rings. The second-order valence-corrected chi connectivity index (χ2v) is 9.54. The topological polar surface area (TPSA) is 59.0 Å². The van der Waals surface area contributed by atoms with E-state index in [2.05, 4.69) is 29.0 Å². The summed E-state index contributed by atoms with van der Waals surface area (Å²) >= 11 is 4.79. The molecule has 0 aliphatic carbocycles. The van der Waals surface area contributed by atoms with Gasteiger partial charge in [-0.25, -0.2) is 15.0 Å². The third kappa shape index (κ3) is 4.05. The summed E-state index contributed by atoms with van der Waals surface area (Å²) in [6, 6.07) is 6.21. The molecule has 0 bridgehead atoms. The standard InChI is InChI=1S/C21H20N4OS3/c1-12-7-13(2)18(14(3)8-12)25(15(4)26)21-24-16(10-29-21)9-28-20-19-17(5-6-27-19)22-11-23-20/h5-8,10-11H,9H2,1-4H3. The van der Waals surface area contributed by atoms with Gasteiger partial charge in [-0.05, 0) is 43.3 Å². The van der Waals surface area contributed by atoms with Crippen LogP contribution < -0.4 is 4.90 Å². The molecule has 148 valence electrons. The van der Waals surface area contributed by atoms with E-state index in [9.17, 15) is 4.79 Å². The summed E-state index contributed by atoms with van der Waals surface area (Å²) in [5.74, 6) is 0.655. The van der Waals surface area contributed by atoms with Gasteiger partial charge < -0.3 is 0 Å². The zero-order valence-electron chi connectivity index (χ0n) is 16.6. The Morgan fingerprint density at radius 2 is 1.90 bits per heavy atom. The Morgan fingerprint density at radius 3 is 2.62 bits per heavy atom. The maximum absolute atomic E-state index is 12.5. The molecule has 0 radical (unpaired) electrons. The Balaban J connectivity index is 1.60. The van der Waals surface area contributed by atoms with E-state index in [-0.39, 0.29) is 5.91 Å². The van der Waals surface area contributed by atoms with Crippen molar-refractivity contribution in [2.45, 2.75) is 38.5 Å². The third-order valence-electron chi connectivity index (χ3n) is 4.47. The van der Waals surface area contributed by atoms with Crippen molar-refractivity contribution in [3.63, 3.8) is 0 Å². The lowest BCUT2D eigenvalue weighted by atomic mass is 10.0. The van der Waals surface area contributed by atoms with Crippen LogP contribution in [0.4, 0.5) is 10.8 Å². The van der Waals surface area contributed by atoms with Gasteiger partial charge >= 0.3 is 0 Å². The Hall–Kier alpha value is -2.29. The maximum atomic E-state index is 12.5. The molecular weight excluding hydrogens is 420 g/mol. The summed E-state index contributed by atoms with van der Waals surface area (Å²) in [6.45, 7) is 7.73. The number of thiophene rings is 1. The van der Waals surface area contributed by atoms with Gasteiger partial charge in [0.2, 0.25) is 5.91 Å². The van der Waals surface area contributed by atoms with Crippen LogP contribution in [0.5, 0.6) is 0 Å². The third-order valence-corrected chi connectivity index (χ3v) is 7.41. The molecule has 0 N–H and O–H groups in total. The molecule has 0 spiro atoms. The van der Waals surface area contributed by atoms with Crippen LogP contribution in [0.25, 0.3) is 10.2 Å². The Kier molecular flexibility index (Phi) is 5.67. The van der Waals surface area contributed by atoms with Crippen LogP contribution in [0, 0.1) is 20.8 Å². The summed E-state index contributed by atoms with van der Waals surface area (Å²) in [5.41, 5.74) is 6.17. The zero-order chi connectivity index (χ0) is 20.5. The number of hydrogen-bond acceptors (Lipinski definition) is 7. The summed E-state index contributed by atoms with van der Waals surface area (Å²) in [5, 5.41) is 5.71. The molecular formula is C21H20N4OS3. The molecule has 3 aromatic heterocycles. The second kappa shape index (κ2) is 8.22. The second-order valence-electron chi connectivity index (χ2n) is 6.83. The number of fused-ring (bicyclic) bond motifs is 1. The van der Waals surface area contributed by atoms with E-state index < -0.39 is 0 Å². The van der Waals surface area contributed by atoms with Crippen molar-refractivity contribution in [1.29, 1.82) is 0 Å². The van der Waals surface area contributed by atoms with Crippen LogP contribution in [0.3, 0.4) is 0 Å². The molecule has 1 amide bonds. The Morgan fingerprint density at radius 1 is 1.14 bits per heavy atom. The zero-order valence-corrected chi connectivity index (χ0v) is 19.0. The minimum atomic E-state index is -0.0373. The summed E-state index contributed by atoms with van der Waals surface area (Å²) < 4.78 is 1.10. The SMILES string of the molecule is CC(=O)N(c1nc(CSc2ncnc3ccsc23)cs1)c1c(C)cc(C)cc1C. The first-order valence-corrected chi connectivity index (χ1v) is 11.8. The molecule has 0 aliphatic rings. The van der Waals surface area contributed by atoms with E-state index in [0.29, 0.717) is 10.9 Å². The number of amides is 1. The number of anilines is 2. The lowest BCUT2D eigenvalue weighted by Crippen LogP contribution is -2.24. The average Bonchev–Trinajstić information content (AvgIpc) is 3.32. The van der Waals surface area contributed by atoms with Crippen molar-refractivity contribution in [1.82, 2.24) is 15.0 Å². The number of thioether (sulfide) groups is 1. The smallest absolute Gasteiger partial charge is 0.230 e. The largest absolute Gasteiger partial charge is 0.274 e. The molecule has 0 saturated heterocycles. The van der Waals surface area contributed by atoms with Gasteiger partial charge in [-0.1, -0.05) is 29.5 Å². The first-order chi connectivity index (χ1) is 13.9. The van der Waals surface area contributed by atoms with Crippen LogP contribution in [-0.4, -0.2) is 20.9 Å². The van der Waals surface area contributed by atoms with Gasteiger partial charge in [0.1, 0.15) is 11.4 Å². The molecule has 0 fully saturated rings. The summed E-state index contributed by atoms with van der Waals surface area (Å²) in [7, 11) is 0. The van der Waals surface area contributed by atoms with Crippen LogP contribution in [0.2, 0.25) is 0 Å². The fourth-order valence-electron chi connectivity index (χ4n) is 3.39. The van der Waals surface area contributed by atoms with E-state index in [1.165, 1.54) is 16.9 Å². The first-order valence-electron chi connectivity index (χ1n) is 9.08. The Bertz CT molecular complexity index is 1170. The predicted octanol–water partition coefficient (Wildman–Crippen LogP) is 6.05. The monoisotopic (exact) mass is 440 g/mol. The van der Waals surface area contributed by atoms with Crippen LogP contribution >= 0.6 is 34.4 Å². The highest BCUT2D eigenvalue weighted by Gasteiger charge is 2.22. The quantitative estimate of drug-likeness (QED) is 0.279. The highest BCUT2D eigenvalue weighted by atomic mass is 32.2. The van der Waals surface area contributed by atoms with Crippen molar-refractivity contribution >= 4 is 61.4 Å². The summed E-state index contributed by atoms with van der Waals surface area (Å²) in [6.07, 6.45) is 1.60. The number of hydrogen-bond donors (Lipinski definition) is 0. The Labute approximate surface area is 181 Å². The van der Waals surface area contributed by atoms with Crippen molar-refractivity contribution in [3.05, 3.63) is 57.7 Å². The number of rotatable bonds is 5. The molecule has 0 atom stereocenters. The van der Waals surface area contributed by atoms with Gasteiger partial charge in [0.05, 0.1) is 21.6 Å². The van der Waals surface area contributed by atoms with Crippen molar-refractivity contribution in [2.24, 2.45) is 0 Å². The average molecular weight is 441 g/mol. The van der Waals surface area contributed by atoms with Gasteiger partial charge in [0.25, 0.3) is 0 Å². The molecule has 8 heteroatoms. The van der Waals surface area contributed by atoms with Crippen molar-refractivity contribution < 1.29 is 4.79 Å². The normalized spacial score (nSPS) is 11.2. The fourth-order valence-corrected chi connectivity index (χ4v) is 6.21. The molecule has 1 aromatic carbocycles. The van der Waals surface area contributed by atoms with Gasteiger partial charge in [0, 0.05) is 18.1 Å². The van der Waals surface area contributed by atoms with E-state index in [4.69, 9.17) is 4.98 Å².